The van der Waals surface area contributed by atoms with Crippen molar-refractivity contribution in [1.29, 1.82) is 0 Å². The summed E-state index contributed by atoms with van der Waals surface area (Å²) >= 11 is 0. The van der Waals surface area contributed by atoms with E-state index >= 15 is 0 Å². The van der Waals surface area contributed by atoms with Gasteiger partial charge in [0.25, 0.3) is 5.91 Å². The number of hydrogen-bond acceptors (Lipinski definition) is 3. The van der Waals surface area contributed by atoms with Crippen LogP contribution in [0.25, 0.3) is 0 Å². The van der Waals surface area contributed by atoms with Crippen molar-refractivity contribution in [1.82, 2.24) is 10.2 Å². The Balaban J connectivity index is 1.71. The summed E-state index contributed by atoms with van der Waals surface area (Å²) in [6.07, 6.45) is 4.11. The molecule has 114 valence electrons. The van der Waals surface area contributed by atoms with Crippen molar-refractivity contribution in [3.8, 4) is 0 Å². The van der Waals surface area contributed by atoms with E-state index in [9.17, 15) is 4.79 Å². The lowest BCUT2D eigenvalue weighted by molar-refractivity contribution is -0.144. The third-order valence-electron chi connectivity index (χ3n) is 4.91. The van der Waals surface area contributed by atoms with Gasteiger partial charge in [0, 0.05) is 32.3 Å². The van der Waals surface area contributed by atoms with Crippen molar-refractivity contribution in [3.63, 3.8) is 0 Å². The maximum atomic E-state index is 12.8. The van der Waals surface area contributed by atoms with Crippen molar-refractivity contribution < 1.29 is 9.53 Å². The van der Waals surface area contributed by atoms with Crippen LogP contribution in [0.1, 0.15) is 37.4 Å². The number of nitrogens with one attached hydrogen (secondary N) is 1. The molecule has 2 aliphatic heterocycles. The van der Waals surface area contributed by atoms with Crippen LogP contribution in [0, 0.1) is 0 Å². The van der Waals surface area contributed by atoms with Crippen LogP contribution in [0.5, 0.6) is 0 Å². The summed E-state index contributed by atoms with van der Waals surface area (Å²) in [5.41, 5.74) is 0.925. The van der Waals surface area contributed by atoms with Gasteiger partial charge in [-0.15, -0.1) is 0 Å². The summed E-state index contributed by atoms with van der Waals surface area (Å²) in [4.78, 5) is 14.7. The predicted molar refractivity (Wildman–Crippen MR) is 81.9 cm³/mol. The summed E-state index contributed by atoms with van der Waals surface area (Å²) in [6, 6.07) is 11.2. The van der Waals surface area contributed by atoms with Gasteiger partial charge < -0.3 is 15.0 Å². The molecule has 0 aliphatic carbocycles. The minimum absolute atomic E-state index is 0.0648. The number of ether oxygens (including phenoxy) is 1. The van der Waals surface area contributed by atoms with Crippen molar-refractivity contribution in [3.05, 3.63) is 35.9 Å². The second kappa shape index (κ2) is 6.16. The van der Waals surface area contributed by atoms with E-state index in [0.717, 1.165) is 18.4 Å². The Morgan fingerprint density at radius 2 is 1.86 bits per heavy atom. The summed E-state index contributed by atoms with van der Waals surface area (Å²) in [5.74, 6) is 0.0648. The zero-order chi connectivity index (χ0) is 14.8. The number of carbonyl (C=O) groups is 1. The van der Waals surface area contributed by atoms with Gasteiger partial charge in [0.1, 0.15) is 0 Å². The molecule has 2 saturated heterocycles. The van der Waals surface area contributed by atoms with Crippen LogP contribution in [-0.2, 0) is 9.53 Å². The van der Waals surface area contributed by atoms with Gasteiger partial charge in [0.05, 0.1) is 0 Å². The van der Waals surface area contributed by atoms with Crippen LogP contribution < -0.4 is 5.32 Å². The molecule has 4 heteroatoms. The van der Waals surface area contributed by atoms with Crippen LogP contribution in [0.15, 0.2) is 30.3 Å². The van der Waals surface area contributed by atoms with Gasteiger partial charge in [-0.1, -0.05) is 30.3 Å². The first-order chi connectivity index (χ1) is 10.2. The highest BCUT2D eigenvalue weighted by atomic mass is 16.5. The highest BCUT2D eigenvalue weighted by Crippen LogP contribution is 2.30. The van der Waals surface area contributed by atoms with Gasteiger partial charge >= 0.3 is 0 Å². The number of amides is 1. The molecule has 1 aromatic carbocycles. The van der Waals surface area contributed by atoms with E-state index in [2.05, 4.69) is 5.32 Å². The normalized spacial score (nSPS) is 29.1. The fraction of sp³-hybridized carbons (Fsp3) is 0.588. The number of carbonyl (C=O) groups excluding carboxylic acids is 1. The second-order valence-electron chi connectivity index (χ2n) is 6.24. The van der Waals surface area contributed by atoms with Crippen LogP contribution in [0.3, 0.4) is 0 Å². The van der Waals surface area contributed by atoms with Crippen molar-refractivity contribution >= 4 is 5.91 Å². The van der Waals surface area contributed by atoms with Gasteiger partial charge in [0.2, 0.25) is 0 Å². The molecule has 1 N–H and O–H groups in total. The van der Waals surface area contributed by atoms with Crippen LogP contribution in [-0.4, -0.2) is 43.1 Å². The molecule has 2 fully saturated rings. The lowest BCUT2D eigenvalue weighted by atomic mass is 9.97. The predicted octanol–water partition coefficient (Wildman–Crippen LogP) is 2.12. The zero-order valence-corrected chi connectivity index (χ0v) is 12.8. The molecule has 0 aromatic heterocycles. The molecule has 0 saturated carbocycles. The monoisotopic (exact) mass is 288 g/mol. The summed E-state index contributed by atoms with van der Waals surface area (Å²) in [6.45, 7) is 0. The Hall–Kier alpha value is -1.39. The molecule has 0 radical (unpaired) electrons. The number of nitrogens with zero attached hydrogens (tertiary/aromatic N) is 1. The fourth-order valence-electron chi connectivity index (χ4n) is 3.72. The van der Waals surface area contributed by atoms with E-state index in [0.29, 0.717) is 18.1 Å². The van der Waals surface area contributed by atoms with E-state index in [-0.39, 0.29) is 5.91 Å². The molecule has 3 atom stereocenters. The molecule has 0 spiro atoms. The summed E-state index contributed by atoms with van der Waals surface area (Å²) < 4.78 is 5.47. The topological polar surface area (TPSA) is 41.6 Å². The maximum absolute atomic E-state index is 12.8. The number of likely N-dealkylation sites (N-methyl/N-ethyl adjacent to an activating group) is 1. The van der Waals surface area contributed by atoms with Crippen LogP contribution >= 0.6 is 0 Å². The summed E-state index contributed by atoms with van der Waals surface area (Å²) in [7, 11) is 3.53. The largest absolute Gasteiger partial charge is 0.367 e. The average Bonchev–Trinajstić information content (AvgIpc) is 2.86. The standard InChI is InChI=1S/C17H24N2O2/c1-19(15-10-13-8-9-14(11-15)18-13)17(20)16(21-2)12-6-4-3-5-7-12/h3-7,13-16,18H,8-11H2,1-2H3. The Morgan fingerprint density at radius 3 is 2.43 bits per heavy atom. The Kier molecular flexibility index (Phi) is 4.27. The molecule has 3 unspecified atom stereocenters. The number of rotatable bonds is 4. The van der Waals surface area contributed by atoms with Crippen LogP contribution in [0.2, 0.25) is 0 Å². The molecule has 2 bridgehead atoms. The fourth-order valence-corrected chi connectivity index (χ4v) is 3.72. The van der Waals surface area contributed by atoms with Crippen molar-refractivity contribution in [2.24, 2.45) is 0 Å². The summed E-state index contributed by atoms with van der Waals surface area (Å²) in [5, 5.41) is 3.62. The Morgan fingerprint density at radius 1 is 1.24 bits per heavy atom. The SMILES string of the molecule is COC(C(=O)N(C)C1CC2CCC(C1)N2)c1ccccc1. The number of hydrogen-bond donors (Lipinski definition) is 1. The molecule has 2 heterocycles. The quantitative estimate of drug-likeness (QED) is 0.922. The molecular formula is C17H24N2O2. The highest BCUT2D eigenvalue weighted by molar-refractivity contribution is 5.82. The lowest BCUT2D eigenvalue weighted by Gasteiger charge is -2.37. The Bertz CT molecular complexity index is 479. The van der Waals surface area contributed by atoms with Crippen molar-refractivity contribution in [2.75, 3.05) is 14.2 Å². The lowest BCUT2D eigenvalue weighted by Crippen LogP contribution is -2.49. The first kappa shape index (κ1) is 14.5. The van der Waals surface area contributed by atoms with E-state index in [1.54, 1.807) is 7.11 Å². The van der Waals surface area contributed by atoms with Crippen LogP contribution in [0.4, 0.5) is 0 Å². The molecule has 21 heavy (non-hydrogen) atoms. The second-order valence-corrected chi connectivity index (χ2v) is 6.24. The Labute approximate surface area is 126 Å². The zero-order valence-electron chi connectivity index (χ0n) is 12.8. The molecule has 3 rings (SSSR count). The number of methoxy groups -OCH3 is 1. The van der Waals surface area contributed by atoms with E-state index in [1.807, 2.05) is 42.3 Å². The third kappa shape index (κ3) is 2.97. The molecule has 1 amide bonds. The van der Waals surface area contributed by atoms with Gasteiger partial charge in [-0.25, -0.2) is 0 Å². The van der Waals surface area contributed by atoms with E-state index in [1.165, 1.54) is 12.8 Å². The minimum Gasteiger partial charge on any atom is -0.367 e. The van der Waals surface area contributed by atoms with Gasteiger partial charge in [-0.3, -0.25) is 4.79 Å². The average molecular weight is 288 g/mol. The number of fused-ring (bicyclic) bond motifs is 2. The van der Waals surface area contributed by atoms with Gasteiger partial charge in [0.15, 0.2) is 6.10 Å². The van der Waals surface area contributed by atoms with E-state index in [4.69, 9.17) is 4.74 Å². The van der Waals surface area contributed by atoms with E-state index < -0.39 is 6.10 Å². The minimum atomic E-state index is -0.497. The number of benzene rings is 1. The molecule has 4 nitrogen and oxygen atoms in total. The molecular weight excluding hydrogens is 264 g/mol. The van der Waals surface area contributed by atoms with Crippen molar-refractivity contribution in [2.45, 2.75) is 49.9 Å². The third-order valence-corrected chi connectivity index (χ3v) is 4.91. The smallest absolute Gasteiger partial charge is 0.256 e. The number of piperidine rings is 1. The molecule has 2 aliphatic rings. The highest BCUT2D eigenvalue weighted by Gasteiger charge is 2.37. The maximum Gasteiger partial charge on any atom is 0.256 e. The van der Waals surface area contributed by atoms with Gasteiger partial charge in [-0.05, 0) is 31.2 Å². The first-order valence-electron chi connectivity index (χ1n) is 7.79. The first-order valence-corrected chi connectivity index (χ1v) is 7.79. The van der Waals surface area contributed by atoms with Gasteiger partial charge in [-0.2, -0.15) is 0 Å². The molecule has 1 aromatic rings.